The quantitative estimate of drug-likeness (QED) is 0.383. The number of benzene rings is 2. The highest BCUT2D eigenvalue weighted by Gasteiger charge is 2.39. The summed E-state index contributed by atoms with van der Waals surface area (Å²) in [5.74, 6) is 0.343. The standard InChI is InChI=1S/C23H25N3O6S/c1-31-22-15-16(19-5-2-3-6-20(19)24-22)12-14-32-17-8-10-18(11-9-17)33(29,30)26-13-4-7-21(26)23(27)25-28/h2-3,5-6,8-11,15,21,28H,4,7,12-14H2,1H3,(H,25,27)/t21-/m1/s1. The number of carbonyl (C=O) groups excluding carboxylic acids is 1. The minimum absolute atomic E-state index is 0.0670. The van der Waals surface area contributed by atoms with Crippen molar-refractivity contribution in [3.63, 3.8) is 0 Å². The number of carbonyl (C=O) groups is 1. The van der Waals surface area contributed by atoms with E-state index in [-0.39, 0.29) is 11.4 Å². The number of nitrogens with zero attached hydrogens (tertiary/aromatic N) is 2. The number of ether oxygens (including phenoxy) is 2. The van der Waals surface area contributed by atoms with Crippen molar-refractivity contribution in [3.05, 3.63) is 60.2 Å². The Morgan fingerprint density at radius 2 is 1.97 bits per heavy atom. The van der Waals surface area contributed by atoms with Gasteiger partial charge in [-0.3, -0.25) is 10.0 Å². The molecule has 0 unspecified atom stereocenters. The average Bonchev–Trinajstić information content (AvgIpc) is 3.35. The molecule has 0 aliphatic carbocycles. The lowest BCUT2D eigenvalue weighted by atomic mass is 10.1. The van der Waals surface area contributed by atoms with Gasteiger partial charge < -0.3 is 9.47 Å². The van der Waals surface area contributed by atoms with E-state index < -0.39 is 22.0 Å². The number of sulfonamides is 1. The van der Waals surface area contributed by atoms with Crippen molar-refractivity contribution in [2.75, 3.05) is 20.3 Å². The van der Waals surface area contributed by atoms with E-state index in [9.17, 15) is 13.2 Å². The summed E-state index contributed by atoms with van der Waals surface area (Å²) in [4.78, 5) is 16.3. The molecule has 9 nitrogen and oxygen atoms in total. The van der Waals surface area contributed by atoms with Gasteiger partial charge in [-0.15, -0.1) is 0 Å². The number of hydrogen-bond donors (Lipinski definition) is 2. The topological polar surface area (TPSA) is 118 Å². The summed E-state index contributed by atoms with van der Waals surface area (Å²) < 4.78 is 38.2. The number of hydroxylamine groups is 1. The number of amides is 1. The first kappa shape index (κ1) is 23.0. The zero-order valence-corrected chi connectivity index (χ0v) is 18.9. The molecule has 1 atom stereocenters. The lowest BCUT2D eigenvalue weighted by Crippen LogP contribution is -2.44. The molecule has 1 fully saturated rings. The molecular formula is C23H25N3O6S. The predicted octanol–water partition coefficient (Wildman–Crippen LogP) is 2.52. The third kappa shape index (κ3) is 4.77. The summed E-state index contributed by atoms with van der Waals surface area (Å²) in [6, 6.07) is 14.9. The molecule has 174 valence electrons. The number of para-hydroxylation sites is 1. The van der Waals surface area contributed by atoms with Gasteiger partial charge in [0.1, 0.15) is 11.8 Å². The van der Waals surface area contributed by atoms with Crippen LogP contribution in [0.15, 0.2) is 59.5 Å². The van der Waals surface area contributed by atoms with Crippen LogP contribution in [-0.4, -0.2) is 55.1 Å². The van der Waals surface area contributed by atoms with Gasteiger partial charge in [0.25, 0.3) is 5.91 Å². The van der Waals surface area contributed by atoms with Crippen LogP contribution in [0, 0.1) is 0 Å². The van der Waals surface area contributed by atoms with Crippen molar-refractivity contribution in [3.8, 4) is 11.6 Å². The van der Waals surface area contributed by atoms with Crippen molar-refractivity contribution in [2.24, 2.45) is 0 Å². The average molecular weight is 472 g/mol. The summed E-state index contributed by atoms with van der Waals surface area (Å²) in [5, 5.41) is 9.91. The first-order chi connectivity index (χ1) is 15.9. The molecule has 33 heavy (non-hydrogen) atoms. The molecule has 2 heterocycles. The second-order valence-corrected chi connectivity index (χ2v) is 9.55. The molecule has 1 amide bonds. The highest BCUT2D eigenvalue weighted by Crippen LogP contribution is 2.28. The van der Waals surface area contributed by atoms with Gasteiger partial charge in [-0.2, -0.15) is 4.31 Å². The third-order valence-electron chi connectivity index (χ3n) is 5.67. The molecule has 1 aromatic heterocycles. The van der Waals surface area contributed by atoms with E-state index in [0.717, 1.165) is 20.8 Å². The van der Waals surface area contributed by atoms with Crippen LogP contribution in [0.4, 0.5) is 0 Å². The van der Waals surface area contributed by atoms with Gasteiger partial charge in [0, 0.05) is 24.4 Å². The summed E-state index contributed by atoms with van der Waals surface area (Å²) in [7, 11) is -2.29. The SMILES string of the molecule is COc1cc(CCOc2ccc(S(=O)(=O)N3CCC[C@@H]3C(=O)NO)cc2)c2ccccc2n1. The molecule has 0 saturated carbocycles. The fourth-order valence-corrected chi connectivity index (χ4v) is 5.67. The summed E-state index contributed by atoms with van der Waals surface area (Å²) >= 11 is 0. The molecule has 0 spiro atoms. The van der Waals surface area contributed by atoms with Crippen LogP contribution >= 0.6 is 0 Å². The Hall–Kier alpha value is -3.21. The molecule has 2 N–H and O–H groups in total. The fraction of sp³-hybridized carbons (Fsp3) is 0.304. The number of fused-ring (bicyclic) bond motifs is 1. The first-order valence-corrected chi connectivity index (χ1v) is 12.0. The van der Waals surface area contributed by atoms with E-state index in [4.69, 9.17) is 14.7 Å². The second kappa shape index (κ2) is 9.74. The molecule has 1 aliphatic rings. The predicted molar refractivity (Wildman–Crippen MR) is 121 cm³/mol. The van der Waals surface area contributed by atoms with Gasteiger partial charge in [-0.1, -0.05) is 18.2 Å². The van der Waals surface area contributed by atoms with E-state index in [0.29, 0.717) is 37.5 Å². The van der Waals surface area contributed by atoms with Gasteiger partial charge in [0.05, 0.1) is 24.1 Å². The molecule has 0 radical (unpaired) electrons. The zero-order chi connectivity index (χ0) is 23.4. The van der Waals surface area contributed by atoms with E-state index in [1.54, 1.807) is 24.7 Å². The lowest BCUT2D eigenvalue weighted by Gasteiger charge is -2.22. The Labute approximate surface area is 192 Å². The number of nitrogens with one attached hydrogen (secondary N) is 1. The molecule has 10 heteroatoms. The molecular weight excluding hydrogens is 446 g/mol. The Kier molecular flexibility index (Phi) is 6.77. The Balaban J connectivity index is 1.44. The number of methoxy groups -OCH3 is 1. The van der Waals surface area contributed by atoms with Gasteiger partial charge in [-0.05, 0) is 48.7 Å². The number of pyridine rings is 1. The van der Waals surface area contributed by atoms with E-state index >= 15 is 0 Å². The molecule has 0 bridgehead atoms. The zero-order valence-electron chi connectivity index (χ0n) is 18.1. The Bertz CT molecular complexity index is 1250. The molecule has 1 saturated heterocycles. The monoisotopic (exact) mass is 471 g/mol. The maximum atomic E-state index is 13.0. The smallest absolute Gasteiger partial charge is 0.261 e. The van der Waals surface area contributed by atoms with Crippen molar-refractivity contribution in [2.45, 2.75) is 30.2 Å². The normalized spacial score (nSPS) is 16.6. The second-order valence-electron chi connectivity index (χ2n) is 7.66. The summed E-state index contributed by atoms with van der Waals surface area (Å²) in [6.07, 6.45) is 1.53. The van der Waals surface area contributed by atoms with E-state index in [2.05, 4.69) is 4.98 Å². The number of aromatic nitrogens is 1. The van der Waals surface area contributed by atoms with Crippen molar-refractivity contribution in [1.82, 2.24) is 14.8 Å². The number of hydrogen-bond acceptors (Lipinski definition) is 7. The lowest BCUT2D eigenvalue weighted by molar-refractivity contribution is -0.132. The molecule has 4 rings (SSSR count). The van der Waals surface area contributed by atoms with Crippen molar-refractivity contribution >= 4 is 26.8 Å². The van der Waals surface area contributed by atoms with Crippen LogP contribution in [-0.2, 0) is 21.2 Å². The van der Waals surface area contributed by atoms with E-state index in [1.807, 2.05) is 30.3 Å². The fourth-order valence-electron chi connectivity index (χ4n) is 4.02. The number of rotatable bonds is 8. The van der Waals surface area contributed by atoms with Crippen LogP contribution in [0.1, 0.15) is 18.4 Å². The van der Waals surface area contributed by atoms with Crippen LogP contribution in [0.2, 0.25) is 0 Å². The molecule has 1 aliphatic heterocycles. The van der Waals surface area contributed by atoms with Gasteiger partial charge in [0.2, 0.25) is 15.9 Å². The highest BCUT2D eigenvalue weighted by molar-refractivity contribution is 7.89. The first-order valence-electron chi connectivity index (χ1n) is 10.6. The maximum Gasteiger partial charge on any atom is 0.261 e. The largest absolute Gasteiger partial charge is 0.493 e. The van der Waals surface area contributed by atoms with Gasteiger partial charge in [-0.25, -0.2) is 18.9 Å². The maximum absolute atomic E-state index is 13.0. The Morgan fingerprint density at radius 3 is 2.70 bits per heavy atom. The Morgan fingerprint density at radius 1 is 1.21 bits per heavy atom. The van der Waals surface area contributed by atoms with Crippen LogP contribution in [0.3, 0.4) is 0 Å². The highest BCUT2D eigenvalue weighted by atomic mass is 32.2. The van der Waals surface area contributed by atoms with Crippen molar-refractivity contribution in [1.29, 1.82) is 0 Å². The minimum Gasteiger partial charge on any atom is -0.493 e. The van der Waals surface area contributed by atoms with Gasteiger partial charge >= 0.3 is 0 Å². The minimum atomic E-state index is -3.87. The summed E-state index contributed by atoms with van der Waals surface area (Å²) in [5.41, 5.74) is 3.43. The van der Waals surface area contributed by atoms with Crippen LogP contribution < -0.4 is 15.0 Å². The van der Waals surface area contributed by atoms with Crippen molar-refractivity contribution < 1.29 is 27.9 Å². The molecule has 2 aromatic carbocycles. The summed E-state index contributed by atoms with van der Waals surface area (Å²) in [6.45, 7) is 0.607. The molecule has 3 aromatic rings. The van der Waals surface area contributed by atoms with Crippen LogP contribution in [0.25, 0.3) is 10.9 Å². The third-order valence-corrected chi connectivity index (χ3v) is 7.60. The van der Waals surface area contributed by atoms with Gasteiger partial charge in [0.15, 0.2) is 0 Å². The van der Waals surface area contributed by atoms with Crippen LogP contribution in [0.5, 0.6) is 11.6 Å². The van der Waals surface area contributed by atoms with E-state index in [1.165, 1.54) is 12.1 Å².